The van der Waals surface area contributed by atoms with Crippen LogP contribution in [-0.4, -0.2) is 24.6 Å². The quantitative estimate of drug-likeness (QED) is 0.849. The summed E-state index contributed by atoms with van der Waals surface area (Å²) >= 11 is 6.08. The zero-order valence-corrected chi connectivity index (χ0v) is 13.1. The average Bonchev–Trinajstić information content (AvgIpc) is 2.91. The van der Waals surface area contributed by atoms with E-state index in [4.69, 9.17) is 22.1 Å². The first-order valence-electron chi connectivity index (χ1n) is 7.54. The molecule has 0 aromatic heterocycles. The summed E-state index contributed by atoms with van der Waals surface area (Å²) in [5.74, 6) is 0.796. The van der Waals surface area contributed by atoms with E-state index in [1.54, 1.807) is 6.07 Å². The molecule has 2 rings (SSSR count). The zero-order valence-electron chi connectivity index (χ0n) is 12.3. The van der Waals surface area contributed by atoms with Gasteiger partial charge in [-0.15, -0.1) is 0 Å². The molecule has 1 saturated carbocycles. The molecule has 0 radical (unpaired) electrons. The molecule has 1 amide bonds. The fourth-order valence-corrected chi connectivity index (χ4v) is 2.78. The van der Waals surface area contributed by atoms with Gasteiger partial charge < -0.3 is 15.8 Å². The second kappa shape index (κ2) is 7.66. The van der Waals surface area contributed by atoms with Crippen LogP contribution < -0.4 is 15.8 Å². The topological polar surface area (TPSA) is 64.4 Å². The maximum atomic E-state index is 12.1. The van der Waals surface area contributed by atoms with Crippen molar-refractivity contribution >= 4 is 17.5 Å². The highest BCUT2D eigenvalue weighted by Crippen LogP contribution is 2.25. The van der Waals surface area contributed by atoms with Gasteiger partial charge in [-0.2, -0.15) is 0 Å². The first-order valence-corrected chi connectivity index (χ1v) is 7.92. The van der Waals surface area contributed by atoms with Crippen LogP contribution in [0.3, 0.4) is 0 Å². The van der Waals surface area contributed by atoms with Crippen LogP contribution >= 0.6 is 11.6 Å². The number of hydrogen-bond acceptors (Lipinski definition) is 3. The summed E-state index contributed by atoms with van der Waals surface area (Å²) in [5.41, 5.74) is 5.84. The molecule has 1 aliphatic rings. The second-order valence-corrected chi connectivity index (χ2v) is 6.00. The highest BCUT2D eigenvalue weighted by molar-refractivity contribution is 6.32. The van der Waals surface area contributed by atoms with Gasteiger partial charge in [0, 0.05) is 12.0 Å². The molecule has 3 atom stereocenters. The number of nitrogens with one attached hydrogen (secondary N) is 1. The van der Waals surface area contributed by atoms with Gasteiger partial charge in [-0.3, -0.25) is 4.79 Å². The second-order valence-electron chi connectivity index (χ2n) is 5.59. The minimum absolute atomic E-state index is 0.0535. The van der Waals surface area contributed by atoms with Crippen molar-refractivity contribution < 1.29 is 9.53 Å². The molecule has 0 spiro atoms. The summed E-state index contributed by atoms with van der Waals surface area (Å²) < 4.78 is 5.86. The Labute approximate surface area is 131 Å². The van der Waals surface area contributed by atoms with Gasteiger partial charge >= 0.3 is 0 Å². The molecular formula is C16H23ClN2O2. The maximum absolute atomic E-state index is 12.1. The predicted molar refractivity (Wildman–Crippen MR) is 84.5 cm³/mol. The van der Waals surface area contributed by atoms with Crippen molar-refractivity contribution in [2.75, 3.05) is 6.54 Å². The Morgan fingerprint density at radius 1 is 1.48 bits per heavy atom. The van der Waals surface area contributed by atoms with Crippen LogP contribution in [0.1, 0.15) is 32.6 Å². The Bertz CT molecular complexity index is 481. The van der Waals surface area contributed by atoms with Gasteiger partial charge in [-0.25, -0.2) is 0 Å². The zero-order chi connectivity index (χ0) is 15.2. The minimum Gasteiger partial charge on any atom is -0.487 e. The Hall–Kier alpha value is -1.26. The summed E-state index contributed by atoms with van der Waals surface area (Å²) in [6.45, 7) is 2.52. The molecule has 3 N–H and O–H groups in total. The SMILES string of the molecule is CCC(CNC(=O)C1CCC(N)C1)Oc1ccccc1Cl. The monoisotopic (exact) mass is 310 g/mol. The summed E-state index contributed by atoms with van der Waals surface area (Å²) in [7, 11) is 0. The lowest BCUT2D eigenvalue weighted by molar-refractivity contribution is -0.125. The van der Waals surface area contributed by atoms with Gasteiger partial charge in [0.05, 0.1) is 11.6 Å². The van der Waals surface area contributed by atoms with Crippen molar-refractivity contribution in [3.05, 3.63) is 29.3 Å². The largest absolute Gasteiger partial charge is 0.487 e. The lowest BCUT2D eigenvalue weighted by Crippen LogP contribution is -2.38. The van der Waals surface area contributed by atoms with Crippen LogP contribution in [0.2, 0.25) is 5.02 Å². The minimum atomic E-state index is -0.0797. The van der Waals surface area contributed by atoms with Crippen molar-refractivity contribution in [3.8, 4) is 5.75 Å². The van der Waals surface area contributed by atoms with Crippen LogP contribution in [0.5, 0.6) is 5.75 Å². The van der Waals surface area contributed by atoms with Gasteiger partial charge in [0.25, 0.3) is 0 Å². The number of rotatable bonds is 6. The molecule has 1 aromatic carbocycles. The highest BCUT2D eigenvalue weighted by atomic mass is 35.5. The molecule has 3 unspecified atom stereocenters. The Morgan fingerprint density at radius 3 is 2.86 bits per heavy atom. The number of benzene rings is 1. The normalized spacial score (nSPS) is 22.8. The van der Waals surface area contributed by atoms with Gasteiger partial charge in [-0.1, -0.05) is 30.7 Å². The van der Waals surface area contributed by atoms with Crippen molar-refractivity contribution in [3.63, 3.8) is 0 Å². The van der Waals surface area contributed by atoms with Crippen LogP contribution in [-0.2, 0) is 4.79 Å². The van der Waals surface area contributed by atoms with E-state index in [1.807, 2.05) is 25.1 Å². The Kier molecular flexibility index (Phi) is 5.88. The van der Waals surface area contributed by atoms with Crippen molar-refractivity contribution in [2.45, 2.75) is 44.8 Å². The van der Waals surface area contributed by atoms with E-state index in [2.05, 4.69) is 5.32 Å². The van der Waals surface area contributed by atoms with E-state index in [0.717, 1.165) is 25.7 Å². The van der Waals surface area contributed by atoms with E-state index >= 15 is 0 Å². The fraction of sp³-hybridized carbons (Fsp3) is 0.562. The lowest BCUT2D eigenvalue weighted by atomic mass is 10.1. The Balaban J connectivity index is 1.82. The smallest absolute Gasteiger partial charge is 0.223 e. The number of ether oxygens (including phenoxy) is 1. The van der Waals surface area contributed by atoms with Gasteiger partial charge in [0.1, 0.15) is 11.9 Å². The Morgan fingerprint density at radius 2 is 2.24 bits per heavy atom. The number of para-hydroxylation sites is 1. The van der Waals surface area contributed by atoms with Crippen LogP contribution in [0.4, 0.5) is 0 Å². The van der Waals surface area contributed by atoms with Crippen LogP contribution in [0.15, 0.2) is 24.3 Å². The van der Waals surface area contributed by atoms with E-state index in [-0.39, 0.29) is 24.0 Å². The summed E-state index contributed by atoms with van der Waals surface area (Å²) in [6, 6.07) is 7.54. The van der Waals surface area contributed by atoms with Crippen LogP contribution in [0.25, 0.3) is 0 Å². The van der Waals surface area contributed by atoms with Crippen molar-refractivity contribution in [2.24, 2.45) is 11.7 Å². The first kappa shape index (κ1) is 16.1. The van der Waals surface area contributed by atoms with Crippen molar-refractivity contribution in [1.82, 2.24) is 5.32 Å². The average molecular weight is 311 g/mol. The molecule has 1 fully saturated rings. The number of nitrogens with two attached hydrogens (primary N) is 1. The number of amides is 1. The summed E-state index contributed by atoms with van der Waals surface area (Å²) in [4.78, 5) is 12.1. The van der Waals surface area contributed by atoms with Gasteiger partial charge in [-0.05, 0) is 37.8 Å². The molecule has 1 aliphatic carbocycles. The molecule has 21 heavy (non-hydrogen) atoms. The molecule has 116 valence electrons. The third-order valence-electron chi connectivity index (χ3n) is 3.93. The molecule has 0 saturated heterocycles. The molecule has 1 aromatic rings. The number of carbonyl (C=O) groups excluding carboxylic acids is 1. The molecule has 0 aliphatic heterocycles. The third-order valence-corrected chi connectivity index (χ3v) is 4.25. The molecule has 0 bridgehead atoms. The van der Waals surface area contributed by atoms with E-state index < -0.39 is 0 Å². The van der Waals surface area contributed by atoms with Gasteiger partial charge in [0.2, 0.25) is 5.91 Å². The molecule has 5 heteroatoms. The first-order chi connectivity index (χ1) is 10.1. The van der Waals surface area contributed by atoms with E-state index in [9.17, 15) is 4.79 Å². The number of hydrogen-bond donors (Lipinski definition) is 2. The fourth-order valence-electron chi connectivity index (χ4n) is 2.60. The predicted octanol–water partition coefficient (Wildman–Crippen LogP) is 2.74. The lowest BCUT2D eigenvalue weighted by Gasteiger charge is -2.20. The van der Waals surface area contributed by atoms with Crippen LogP contribution in [0, 0.1) is 5.92 Å². The maximum Gasteiger partial charge on any atom is 0.223 e. The molecule has 0 heterocycles. The van der Waals surface area contributed by atoms with Crippen molar-refractivity contribution in [1.29, 1.82) is 0 Å². The number of halogens is 1. The standard InChI is InChI=1S/C16H23ClN2O2/c1-2-13(21-15-6-4-3-5-14(15)17)10-19-16(20)11-7-8-12(18)9-11/h3-6,11-13H,2,7-10,18H2,1H3,(H,19,20). The number of carbonyl (C=O) groups is 1. The molecule has 4 nitrogen and oxygen atoms in total. The summed E-state index contributed by atoms with van der Waals surface area (Å²) in [6.07, 6.45) is 3.33. The highest BCUT2D eigenvalue weighted by Gasteiger charge is 2.27. The van der Waals surface area contributed by atoms with E-state index in [0.29, 0.717) is 17.3 Å². The summed E-state index contributed by atoms with van der Waals surface area (Å²) in [5, 5.41) is 3.56. The third kappa shape index (κ3) is 4.61. The van der Waals surface area contributed by atoms with Gasteiger partial charge in [0.15, 0.2) is 0 Å². The van der Waals surface area contributed by atoms with E-state index in [1.165, 1.54) is 0 Å². The molecular weight excluding hydrogens is 288 g/mol.